The fourth-order valence-electron chi connectivity index (χ4n) is 2.85. The standard InChI is InChI=1S/C16H26N2O/c1-12(17-15-10-13(2)18(3)11-15)4-5-14-6-8-16(19)9-7-14/h6-9,12-13,15,17,19H,4-5,10-11H2,1-3H3. The van der Waals surface area contributed by atoms with Crippen molar-refractivity contribution in [3.8, 4) is 5.75 Å². The van der Waals surface area contributed by atoms with Crippen molar-refractivity contribution in [3.05, 3.63) is 29.8 Å². The van der Waals surface area contributed by atoms with Crippen molar-refractivity contribution in [3.63, 3.8) is 0 Å². The molecule has 1 aromatic rings. The van der Waals surface area contributed by atoms with Crippen LogP contribution >= 0.6 is 0 Å². The third-order valence-electron chi connectivity index (χ3n) is 4.21. The first-order valence-electron chi connectivity index (χ1n) is 7.29. The number of hydrogen-bond acceptors (Lipinski definition) is 3. The van der Waals surface area contributed by atoms with Gasteiger partial charge < -0.3 is 15.3 Å². The molecule has 3 nitrogen and oxygen atoms in total. The molecule has 3 atom stereocenters. The van der Waals surface area contributed by atoms with Crippen molar-refractivity contribution in [1.82, 2.24) is 10.2 Å². The van der Waals surface area contributed by atoms with Gasteiger partial charge in [-0.15, -0.1) is 0 Å². The van der Waals surface area contributed by atoms with E-state index in [9.17, 15) is 5.11 Å². The van der Waals surface area contributed by atoms with Gasteiger partial charge in [0, 0.05) is 24.7 Å². The number of nitrogens with zero attached hydrogens (tertiary/aromatic N) is 1. The number of likely N-dealkylation sites (N-methyl/N-ethyl adjacent to an activating group) is 1. The topological polar surface area (TPSA) is 35.5 Å². The first-order valence-corrected chi connectivity index (χ1v) is 7.29. The minimum Gasteiger partial charge on any atom is -0.508 e. The molecule has 2 N–H and O–H groups in total. The molecule has 2 rings (SSSR count). The summed E-state index contributed by atoms with van der Waals surface area (Å²) in [6, 6.07) is 9.41. The highest BCUT2D eigenvalue weighted by Gasteiger charge is 2.26. The molecule has 106 valence electrons. The summed E-state index contributed by atoms with van der Waals surface area (Å²) in [4.78, 5) is 2.42. The average molecular weight is 262 g/mol. The predicted molar refractivity (Wildman–Crippen MR) is 79.5 cm³/mol. The molecule has 0 aromatic heterocycles. The van der Waals surface area contributed by atoms with Crippen LogP contribution in [0.4, 0.5) is 0 Å². The summed E-state index contributed by atoms with van der Waals surface area (Å²) in [6.07, 6.45) is 3.45. The van der Waals surface area contributed by atoms with Crippen molar-refractivity contribution in [1.29, 1.82) is 0 Å². The number of aromatic hydroxyl groups is 1. The minimum atomic E-state index is 0.345. The van der Waals surface area contributed by atoms with Crippen LogP contribution in [0.3, 0.4) is 0 Å². The number of nitrogens with one attached hydrogen (secondary N) is 1. The molecule has 0 amide bonds. The molecule has 0 bridgehead atoms. The van der Waals surface area contributed by atoms with Crippen molar-refractivity contribution < 1.29 is 5.11 Å². The fourth-order valence-corrected chi connectivity index (χ4v) is 2.85. The van der Waals surface area contributed by atoms with E-state index in [1.807, 2.05) is 12.1 Å². The molecule has 3 heteroatoms. The molecule has 0 spiro atoms. The van der Waals surface area contributed by atoms with Gasteiger partial charge in [-0.3, -0.25) is 0 Å². The molecular formula is C16H26N2O. The predicted octanol–water partition coefficient (Wildman–Crippen LogP) is 2.40. The summed E-state index contributed by atoms with van der Waals surface area (Å²) in [5, 5.41) is 13.0. The van der Waals surface area contributed by atoms with E-state index in [0.717, 1.165) is 19.4 Å². The van der Waals surface area contributed by atoms with Crippen LogP contribution in [0.2, 0.25) is 0 Å². The van der Waals surface area contributed by atoms with Gasteiger partial charge in [0.1, 0.15) is 5.75 Å². The van der Waals surface area contributed by atoms with E-state index in [0.29, 0.717) is 23.9 Å². The Morgan fingerprint density at radius 2 is 2.05 bits per heavy atom. The van der Waals surface area contributed by atoms with Gasteiger partial charge in [0.25, 0.3) is 0 Å². The quantitative estimate of drug-likeness (QED) is 0.855. The maximum atomic E-state index is 9.26. The smallest absolute Gasteiger partial charge is 0.115 e. The number of phenols is 1. The molecule has 1 aromatic carbocycles. The summed E-state index contributed by atoms with van der Waals surface area (Å²) in [7, 11) is 2.20. The zero-order valence-corrected chi connectivity index (χ0v) is 12.3. The van der Waals surface area contributed by atoms with Gasteiger partial charge in [-0.2, -0.15) is 0 Å². The number of aryl methyl sites for hydroxylation is 1. The molecule has 1 aliphatic heterocycles. The zero-order chi connectivity index (χ0) is 13.8. The molecule has 0 aliphatic carbocycles. The normalized spacial score (nSPS) is 25.6. The third kappa shape index (κ3) is 4.22. The lowest BCUT2D eigenvalue weighted by molar-refractivity contribution is 0.324. The molecule has 3 unspecified atom stereocenters. The lowest BCUT2D eigenvalue weighted by Gasteiger charge is -2.19. The van der Waals surface area contributed by atoms with Gasteiger partial charge in [0.2, 0.25) is 0 Å². The Hall–Kier alpha value is -1.06. The summed E-state index contributed by atoms with van der Waals surface area (Å²) in [5.74, 6) is 0.345. The van der Waals surface area contributed by atoms with Crippen LogP contribution in [0.15, 0.2) is 24.3 Å². The highest BCUT2D eigenvalue weighted by Crippen LogP contribution is 2.16. The molecule has 19 heavy (non-hydrogen) atoms. The van der Waals surface area contributed by atoms with Crippen LogP contribution in [-0.2, 0) is 6.42 Å². The monoisotopic (exact) mass is 262 g/mol. The van der Waals surface area contributed by atoms with Gasteiger partial charge in [-0.05, 0) is 57.9 Å². The second-order valence-electron chi connectivity index (χ2n) is 5.99. The number of rotatable bonds is 5. The van der Waals surface area contributed by atoms with Gasteiger partial charge in [-0.1, -0.05) is 12.1 Å². The van der Waals surface area contributed by atoms with Crippen LogP contribution < -0.4 is 5.32 Å². The molecular weight excluding hydrogens is 236 g/mol. The van der Waals surface area contributed by atoms with Crippen molar-refractivity contribution in [2.45, 2.75) is 51.2 Å². The van der Waals surface area contributed by atoms with E-state index < -0.39 is 0 Å². The average Bonchev–Trinajstić information content (AvgIpc) is 2.67. The van der Waals surface area contributed by atoms with Gasteiger partial charge in [0.05, 0.1) is 0 Å². The zero-order valence-electron chi connectivity index (χ0n) is 12.3. The van der Waals surface area contributed by atoms with Crippen molar-refractivity contribution in [2.75, 3.05) is 13.6 Å². The molecule has 1 heterocycles. The van der Waals surface area contributed by atoms with E-state index in [1.165, 1.54) is 12.0 Å². The van der Waals surface area contributed by atoms with Crippen LogP contribution in [0.5, 0.6) is 5.75 Å². The summed E-state index contributed by atoms with van der Waals surface area (Å²) in [5.41, 5.74) is 1.29. The van der Waals surface area contributed by atoms with Crippen molar-refractivity contribution in [2.24, 2.45) is 0 Å². The lowest BCUT2D eigenvalue weighted by Crippen LogP contribution is -2.38. The Bertz CT molecular complexity index is 380. The van der Waals surface area contributed by atoms with Crippen molar-refractivity contribution >= 4 is 0 Å². The third-order valence-corrected chi connectivity index (χ3v) is 4.21. The number of hydrogen-bond donors (Lipinski definition) is 2. The minimum absolute atomic E-state index is 0.345. The molecule has 1 saturated heterocycles. The van der Waals surface area contributed by atoms with Gasteiger partial charge in [0.15, 0.2) is 0 Å². The van der Waals surface area contributed by atoms with Gasteiger partial charge >= 0.3 is 0 Å². The second-order valence-corrected chi connectivity index (χ2v) is 5.99. The van der Waals surface area contributed by atoms with E-state index in [2.05, 4.69) is 31.1 Å². The summed E-state index contributed by atoms with van der Waals surface area (Å²) >= 11 is 0. The SMILES string of the molecule is CC(CCc1ccc(O)cc1)NC1CC(C)N(C)C1. The van der Waals surface area contributed by atoms with Crippen LogP contribution in [0.25, 0.3) is 0 Å². The van der Waals surface area contributed by atoms with E-state index >= 15 is 0 Å². The number of likely N-dealkylation sites (tertiary alicyclic amines) is 1. The van der Waals surface area contributed by atoms with E-state index in [1.54, 1.807) is 12.1 Å². The lowest BCUT2D eigenvalue weighted by atomic mass is 10.0. The highest BCUT2D eigenvalue weighted by molar-refractivity contribution is 5.25. The first-order chi connectivity index (χ1) is 9.04. The Morgan fingerprint density at radius 1 is 1.37 bits per heavy atom. The fraction of sp³-hybridized carbons (Fsp3) is 0.625. The largest absolute Gasteiger partial charge is 0.508 e. The molecule has 1 fully saturated rings. The Balaban J connectivity index is 1.73. The van der Waals surface area contributed by atoms with Crippen LogP contribution in [0, 0.1) is 0 Å². The maximum Gasteiger partial charge on any atom is 0.115 e. The molecule has 0 saturated carbocycles. The van der Waals surface area contributed by atoms with Gasteiger partial charge in [-0.25, -0.2) is 0 Å². The maximum absolute atomic E-state index is 9.26. The highest BCUT2D eigenvalue weighted by atomic mass is 16.3. The number of benzene rings is 1. The number of phenolic OH excluding ortho intramolecular Hbond substituents is 1. The Kier molecular flexibility index (Phi) is 4.83. The van der Waals surface area contributed by atoms with Crippen LogP contribution in [-0.4, -0.2) is 41.7 Å². The van der Waals surface area contributed by atoms with E-state index in [-0.39, 0.29) is 0 Å². The summed E-state index contributed by atoms with van der Waals surface area (Å²) in [6.45, 7) is 5.72. The Morgan fingerprint density at radius 3 is 2.63 bits per heavy atom. The molecule has 0 radical (unpaired) electrons. The first kappa shape index (κ1) is 14.4. The Labute approximate surface area is 116 Å². The van der Waals surface area contributed by atoms with Crippen LogP contribution in [0.1, 0.15) is 32.3 Å². The summed E-state index contributed by atoms with van der Waals surface area (Å²) < 4.78 is 0. The second kappa shape index (κ2) is 6.40. The van der Waals surface area contributed by atoms with E-state index in [4.69, 9.17) is 0 Å². The molecule has 1 aliphatic rings.